The summed E-state index contributed by atoms with van der Waals surface area (Å²) in [7, 11) is 2.04. The Kier molecular flexibility index (Phi) is 4.20. The van der Waals surface area contributed by atoms with Crippen molar-refractivity contribution in [2.24, 2.45) is 0 Å². The van der Waals surface area contributed by atoms with Crippen LogP contribution in [0, 0.1) is 6.92 Å². The van der Waals surface area contributed by atoms with Crippen LogP contribution in [0.3, 0.4) is 0 Å². The number of nitrogens with one attached hydrogen (secondary N) is 1. The van der Waals surface area contributed by atoms with E-state index in [1.54, 1.807) is 11.3 Å². The molecule has 2 aromatic rings. The van der Waals surface area contributed by atoms with Gasteiger partial charge in [-0.15, -0.1) is 0 Å². The third kappa shape index (κ3) is 2.66. The van der Waals surface area contributed by atoms with E-state index in [0.717, 1.165) is 19.4 Å². The predicted molar refractivity (Wildman–Crippen MR) is 84.3 cm³/mol. The highest BCUT2D eigenvalue weighted by atomic mass is 32.1. The molecule has 1 N–H and O–H groups in total. The summed E-state index contributed by atoms with van der Waals surface area (Å²) in [6.07, 6.45) is 2.23. The zero-order valence-electron chi connectivity index (χ0n) is 12.1. The number of hydrogen-bond acceptors (Lipinski definition) is 3. The maximum absolute atomic E-state index is 6.04. The third-order valence-electron chi connectivity index (χ3n) is 4.16. The van der Waals surface area contributed by atoms with E-state index in [4.69, 9.17) is 4.74 Å². The minimum Gasteiger partial charge on any atom is -0.373 e. The molecule has 3 heteroatoms. The molecule has 0 saturated heterocycles. The molecule has 0 aliphatic carbocycles. The van der Waals surface area contributed by atoms with Crippen LogP contribution >= 0.6 is 11.3 Å². The van der Waals surface area contributed by atoms with Gasteiger partial charge in [-0.3, -0.25) is 0 Å². The van der Waals surface area contributed by atoms with Gasteiger partial charge in [-0.2, -0.15) is 11.3 Å². The van der Waals surface area contributed by atoms with Crippen LogP contribution in [0.25, 0.3) is 0 Å². The van der Waals surface area contributed by atoms with Crippen LogP contribution in [-0.4, -0.2) is 13.7 Å². The number of hydrogen-bond donors (Lipinski definition) is 1. The predicted octanol–water partition coefficient (Wildman–Crippen LogP) is 4.02. The number of aryl methyl sites for hydroxylation is 1. The molecule has 0 amide bonds. The molecule has 3 rings (SSSR count). The lowest BCUT2D eigenvalue weighted by molar-refractivity contribution is 0.0298. The molecule has 1 aromatic carbocycles. The quantitative estimate of drug-likeness (QED) is 0.917. The SMILES string of the molecule is CNC(CC1OCCc2ccccc21)c1cscc1C. The van der Waals surface area contributed by atoms with Crippen molar-refractivity contribution in [3.8, 4) is 0 Å². The third-order valence-corrected chi connectivity index (χ3v) is 5.04. The normalized spacial score (nSPS) is 19.6. The lowest BCUT2D eigenvalue weighted by atomic mass is 9.91. The molecule has 1 aliphatic heterocycles. The minimum absolute atomic E-state index is 0.205. The van der Waals surface area contributed by atoms with Gasteiger partial charge in [0, 0.05) is 6.04 Å². The smallest absolute Gasteiger partial charge is 0.0845 e. The van der Waals surface area contributed by atoms with Gasteiger partial charge in [-0.25, -0.2) is 0 Å². The maximum atomic E-state index is 6.04. The van der Waals surface area contributed by atoms with E-state index in [-0.39, 0.29) is 6.10 Å². The highest BCUT2D eigenvalue weighted by Crippen LogP contribution is 2.35. The van der Waals surface area contributed by atoms with Gasteiger partial charge < -0.3 is 10.1 Å². The van der Waals surface area contributed by atoms with Gasteiger partial charge in [0.1, 0.15) is 0 Å². The molecule has 2 atom stereocenters. The van der Waals surface area contributed by atoms with E-state index in [0.29, 0.717) is 6.04 Å². The average Bonchev–Trinajstić information content (AvgIpc) is 2.91. The van der Waals surface area contributed by atoms with Gasteiger partial charge in [0.15, 0.2) is 0 Å². The number of ether oxygens (including phenoxy) is 1. The van der Waals surface area contributed by atoms with Gasteiger partial charge >= 0.3 is 0 Å². The molecule has 0 fully saturated rings. The van der Waals surface area contributed by atoms with Crippen molar-refractivity contribution in [2.75, 3.05) is 13.7 Å². The Hall–Kier alpha value is -1.16. The fraction of sp³-hybridized carbons (Fsp3) is 0.412. The monoisotopic (exact) mass is 287 g/mol. The lowest BCUT2D eigenvalue weighted by Crippen LogP contribution is -2.24. The highest BCUT2D eigenvalue weighted by molar-refractivity contribution is 7.08. The van der Waals surface area contributed by atoms with E-state index in [9.17, 15) is 0 Å². The van der Waals surface area contributed by atoms with Gasteiger partial charge in [-0.1, -0.05) is 24.3 Å². The van der Waals surface area contributed by atoms with Gasteiger partial charge in [0.25, 0.3) is 0 Å². The topological polar surface area (TPSA) is 21.3 Å². The van der Waals surface area contributed by atoms with Crippen LogP contribution in [0.5, 0.6) is 0 Å². The van der Waals surface area contributed by atoms with Crippen molar-refractivity contribution in [3.05, 3.63) is 57.3 Å². The first-order valence-corrected chi connectivity index (χ1v) is 8.13. The summed E-state index contributed by atoms with van der Waals surface area (Å²) in [6, 6.07) is 9.05. The van der Waals surface area contributed by atoms with Gasteiger partial charge in [-0.05, 0) is 59.8 Å². The maximum Gasteiger partial charge on any atom is 0.0845 e. The van der Waals surface area contributed by atoms with E-state index >= 15 is 0 Å². The fourth-order valence-corrected chi connectivity index (χ4v) is 3.92. The molecule has 106 valence electrons. The van der Waals surface area contributed by atoms with Crippen LogP contribution < -0.4 is 5.32 Å². The van der Waals surface area contributed by atoms with Crippen molar-refractivity contribution in [1.82, 2.24) is 5.32 Å². The number of fused-ring (bicyclic) bond motifs is 1. The van der Waals surface area contributed by atoms with E-state index < -0.39 is 0 Å². The first-order valence-electron chi connectivity index (χ1n) is 7.19. The average molecular weight is 287 g/mol. The highest BCUT2D eigenvalue weighted by Gasteiger charge is 2.25. The summed E-state index contributed by atoms with van der Waals surface area (Å²) in [5.74, 6) is 0. The Labute approximate surface area is 124 Å². The van der Waals surface area contributed by atoms with Crippen molar-refractivity contribution < 1.29 is 4.74 Å². The molecule has 0 saturated carbocycles. The Morgan fingerprint density at radius 1 is 1.35 bits per heavy atom. The van der Waals surface area contributed by atoms with Crippen LogP contribution in [0.2, 0.25) is 0 Å². The Morgan fingerprint density at radius 2 is 2.20 bits per heavy atom. The molecular formula is C17H21NOS. The first-order chi connectivity index (χ1) is 9.79. The number of thiophene rings is 1. The summed E-state index contributed by atoms with van der Waals surface area (Å²) in [4.78, 5) is 0. The summed E-state index contributed by atoms with van der Waals surface area (Å²) < 4.78 is 6.04. The Balaban J connectivity index is 1.82. The lowest BCUT2D eigenvalue weighted by Gasteiger charge is -2.29. The number of rotatable bonds is 4. The molecule has 2 unspecified atom stereocenters. The summed E-state index contributed by atoms with van der Waals surface area (Å²) in [5, 5.41) is 7.92. The molecule has 0 spiro atoms. The number of benzene rings is 1. The van der Waals surface area contributed by atoms with Crippen LogP contribution in [0.15, 0.2) is 35.0 Å². The van der Waals surface area contributed by atoms with Crippen molar-refractivity contribution in [3.63, 3.8) is 0 Å². The van der Waals surface area contributed by atoms with Crippen LogP contribution in [-0.2, 0) is 11.2 Å². The molecule has 1 aliphatic rings. The van der Waals surface area contributed by atoms with Crippen LogP contribution in [0.1, 0.15) is 40.8 Å². The van der Waals surface area contributed by atoms with E-state index in [1.165, 1.54) is 22.3 Å². The second kappa shape index (κ2) is 6.08. The van der Waals surface area contributed by atoms with Gasteiger partial charge in [0.2, 0.25) is 0 Å². The Bertz CT molecular complexity index is 578. The zero-order chi connectivity index (χ0) is 13.9. The fourth-order valence-electron chi connectivity index (χ4n) is 3.01. The van der Waals surface area contributed by atoms with E-state index in [2.05, 4.69) is 47.3 Å². The van der Waals surface area contributed by atoms with Crippen molar-refractivity contribution in [1.29, 1.82) is 0 Å². The standard InChI is InChI=1S/C17H21NOS/c1-12-10-20-11-15(12)16(18-2)9-17-14-6-4-3-5-13(14)7-8-19-17/h3-6,10-11,16-18H,7-9H2,1-2H3. The Morgan fingerprint density at radius 3 is 2.95 bits per heavy atom. The molecular weight excluding hydrogens is 266 g/mol. The molecule has 2 heterocycles. The largest absolute Gasteiger partial charge is 0.373 e. The molecule has 1 aromatic heterocycles. The summed E-state index contributed by atoms with van der Waals surface area (Å²) >= 11 is 1.78. The molecule has 20 heavy (non-hydrogen) atoms. The summed E-state index contributed by atoms with van der Waals surface area (Å²) in [5.41, 5.74) is 5.59. The molecule has 0 bridgehead atoms. The summed E-state index contributed by atoms with van der Waals surface area (Å²) in [6.45, 7) is 3.02. The zero-order valence-corrected chi connectivity index (χ0v) is 12.9. The minimum atomic E-state index is 0.205. The van der Waals surface area contributed by atoms with Gasteiger partial charge in [0.05, 0.1) is 12.7 Å². The molecule has 0 radical (unpaired) electrons. The van der Waals surface area contributed by atoms with Crippen molar-refractivity contribution >= 4 is 11.3 Å². The molecule has 2 nitrogen and oxygen atoms in total. The second-order valence-electron chi connectivity index (χ2n) is 5.40. The van der Waals surface area contributed by atoms with Crippen molar-refractivity contribution in [2.45, 2.75) is 31.9 Å². The first kappa shape index (κ1) is 13.8. The second-order valence-corrected chi connectivity index (χ2v) is 6.14. The van der Waals surface area contributed by atoms with Crippen LogP contribution in [0.4, 0.5) is 0 Å². The van der Waals surface area contributed by atoms with E-state index in [1.807, 2.05) is 7.05 Å².